The Morgan fingerprint density at radius 1 is 1.00 bits per heavy atom. The standard InChI is InChI=1S/C28H40ClN5/c1-7-34(8-2)17-9-10-20(3)31-26-24-16-15-23(29)18-25(24)32-27(33-26)30-19-21-11-13-22(14-12-21)28(4,5)6/h11-16,18,20H,7-10,17,19H2,1-6H3,(H2,30,31,32,33). The molecule has 34 heavy (non-hydrogen) atoms. The fraction of sp³-hybridized carbons (Fsp3) is 0.500. The Morgan fingerprint density at radius 2 is 1.71 bits per heavy atom. The molecule has 5 nitrogen and oxygen atoms in total. The summed E-state index contributed by atoms with van der Waals surface area (Å²) in [6.07, 6.45) is 2.23. The van der Waals surface area contributed by atoms with E-state index in [9.17, 15) is 0 Å². The van der Waals surface area contributed by atoms with Gasteiger partial charge >= 0.3 is 0 Å². The number of nitrogens with one attached hydrogen (secondary N) is 2. The van der Waals surface area contributed by atoms with Gasteiger partial charge in [-0.3, -0.25) is 0 Å². The third-order valence-electron chi connectivity index (χ3n) is 6.32. The third kappa shape index (κ3) is 7.31. The fourth-order valence-corrected chi connectivity index (χ4v) is 4.23. The van der Waals surface area contributed by atoms with Gasteiger partial charge in [0.15, 0.2) is 0 Å². The monoisotopic (exact) mass is 481 g/mol. The highest BCUT2D eigenvalue weighted by Crippen LogP contribution is 2.27. The van der Waals surface area contributed by atoms with E-state index < -0.39 is 0 Å². The molecule has 0 bridgehead atoms. The van der Waals surface area contributed by atoms with Crippen LogP contribution in [0.25, 0.3) is 10.9 Å². The van der Waals surface area contributed by atoms with Gasteiger partial charge in [-0.1, -0.05) is 70.5 Å². The van der Waals surface area contributed by atoms with Crippen molar-refractivity contribution >= 4 is 34.3 Å². The first kappa shape index (κ1) is 26.2. The first-order chi connectivity index (χ1) is 16.2. The molecule has 3 rings (SSSR count). The summed E-state index contributed by atoms with van der Waals surface area (Å²) < 4.78 is 0. The highest BCUT2D eigenvalue weighted by molar-refractivity contribution is 6.31. The highest BCUT2D eigenvalue weighted by Gasteiger charge is 2.14. The maximum atomic E-state index is 6.27. The number of fused-ring (bicyclic) bond motifs is 1. The van der Waals surface area contributed by atoms with E-state index in [1.54, 1.807) is 0 Å². The molecule has 0 saturated carbocycles. The molecular formula is C28H40ClN5. The second-order valence-corrected chi connectivity index (χ2v) is 10.5. The lowest BCUT2D eigenvalue weighted by atomic mass is 9.87. The van der Waals surface area contributed by atoms with Crippen LogP contribution in [0.5, 0.6) is 0 Å². The average molecular weight is 482 g/mol. The van der Waals surface area contributed by atoms with E-state index in [1.165, 1.54) is 11.1 Å². The minimum absolute atomic E-state index is 0.148. The maximum Gasteiger partial charge on any atom is 0.225 e. The van der Waals surface area contributed by atoms with Gasteiger partial charge in [0.1, 0.15) is 5.82 Å². The average Bonchev–Trinajstić information content (AvgIpc) is 2.80. The van der Waals surface area contributed by atoms with Crippen LogP contribution in [0.1, 0.15) is 65.5 Å². The van der Waals surface area contributed by atoms with Gasteiger partial charge in [-0.05, 0) is 74.1 Å². The molecule has 3 aromatic rings. The van der Waals surface area contributed by atoms with E-state index in [1.807, 2.05) is 18.2 Å². The van der Waals surface area contributed by atoms with Crippen LogP contribution in [-0.4, -0.2) is 40.5 Å². The lowest BCUT2D eigenvalue weighted by Gasteiger charge is -2.21. The van der Waals surface area contributed by atoms with E-state index in [-0.39, 0.29) is 5.41 Å². The van der Waals surface area contributed by atoms with Crippen LogP contribution in [0, 0.1) is 0 Å². The molecule has 1 atom stereocenters. The molecule has 6 heteroatoms. The summed E-state index contributed by atoms with van der Waals surface area (Å²) in [6.45, 7) is 17.3. The van der Waals surface area contributed by atoms with Gasteiger partial charge in [-0.15, -0.1) is 0 Å². The molecular weight excluding hydrogens is 442 g/mol. The smallest absolute Gasteiger partial charge is 0.225 e. The largest absolute Gasteiger partial charge is 0.367 e. The molecule has 0 saturated heterocycles. The summed E-state index contributed by atoms with van der Waals surface area (Å²) in [6, 6.07) is 14.8. The van der Waals surface area contributed by atoms with E-state index in [0.717, 1.165) is 49.2 Å². The normalized spacial score (nSPS) is 12.8. The maximum absolute atomic E-state index is 6.27. The molecule has 0 aliphatic heterocycles. The van der Waals surface area contributed by atoms with E-state index in [2.05, 4.69) is 81.3 Å². The lowest BCUT2D eigenvalue weighted by Crippen LogP contribution is -2.25. The fourth-order valence-electron chi connectivity index (χ4n) is 4.06. The molecule has 0 aliphatic carbocycles. The minimum atomic E-state index is 0.148. The van der Waals surface area contributed by atoms with Crippen LogP contribution < -0.4 is 10.6 Å². The van der Waals surface area contributed by atoms with Gasteiger partial charge in [0.05, 0.1) is 5.52 Å². The van der Waals surface area contributed by atoms with Crippen molar-refractivity contribution in [2.24, 2.45) is 0 Å². The quantitative estimate of drug-likeness (QED) is 0.305. The highest BCUT2D eigenvalue weighted by atomic mass is 35.5. The van der Waals surface area contributed by atoms with Crippen molar-refractivity contribution in [1.82, 2.24) is 14.9 Å². The number of rotatable bonds is 11. The molecule has 0 spiro atoms. The van der Waals surface area contributed by atoms with Gasteiger partial charge in [0.2, 0.25) is 5.95 Å². The van der Waals surface area contributed by atoms with Crippen LogP contribution in [0.4, 0.5) is 11.8 Å². The number of aromatic nitrogens is 2. The van der Waals surface area contributed by atoms with Crippen LogP contribution in [-0.2, 0) is 12.0 Å². The van der Waals surface area contributed by atoms with Crippen molar-refractivity contribution in [3.05, 3.63) is 58.6 Å². The van der Waals surface area contributed by atoms with Crippen molar-refractivity contribution in [2.45, 2.75) is 72.4 Å². The first-order valence-corrected chi connectivity index (χ1v) is 12.9. The van der Waals surface area contributed by atoms with Crippen LogP contribution in [0.2, 0.25) is 5.02 Å². The molecule has 0 radical (unpaired) electrons. The molecule has 2 N–H and O–H groups in total. The summed E-state index contributed by atoms with van der Waals surface area (Å²) in [5.41, 5.74) is 3.51. The van der Waals surface area contributed by atoms with Gasteiger partial charge in [0.25, 0.3) is 0 Å². The van der Waals surface area contributed by atoms with Gasteiger partial charge < -0.3 is 15.5 Å². The molecule has 1 heterocycles. The third-order valence-corrected chi connectivity index (χ3v) is 6.55. The molecule has 0 fully saturated rings. The zero-order valence-corrected chi connectivity index (χ0v) is 22.3. The zero-order chi connectivity index (χ0) is 24.7. The van der Waals surface area contributed by atoms with Crippen molar-refractivity contribution < 1.29 is 0 Å². The summed E-state index contributed by atoms with van der Waals surface area (Å²) in [5, 5.41) is 8.69. The predicted octanol–water partition coefficient (Wildman–Crippen LogP) is 7.12. The number of hydrogen-bond donors (Lipinski definition) is 2. The topological polar surface area (TPSA) is 53.1 Å². The van der Waals surface area contributed by atoms with Crippen LogP contribution >= 0.6 is 11.6 Å². The number of nitrogens with zero attached hydrogens (tertiary/aromatic N) is 3. The zero-order valence-electron chi connectivity index (χ0n) is 21.6. The van der Waals surface area contributed by atoms with Gasteiger partial charge in [-0.2, -0.15) is 4.98 Å². The van der Waals surface area contributed by atoms with Gasteiger partial charge in [0, 0.05) is 23.0 Å². The summed E-state index contributed by atoms with van der Waals surface area (Å²) in [5.74, 6) is 1.45. The van der Waals surface area contributed by atoms with Crippen molar-refractivity contribution in [3.63, 3.8) is 0 Å². The molecule has 1 aromatic heterocycles. The SMILES string of the molecule is CCN(CC)CCCC(C)Nc1nc(NCc2ccc(C(C)(C)C)cc2)nc2cc(Cl)ccc12. The molecule has 1 unspecified atom stereocenters. The Morgan fingerprint density at radius 3 is 2.35 bits per heavy atom. The number of benzene rings is 2. The number of halogens is 1. The number of anilines is 2. The van der Waals surface area contributed by atoms with E-state index in [4.69, 9.17) is 21.6 Å². The predicted molar refractivity (Wildman–Crippen MR) is 147 cm³/mol. The van der Waals surface area contributed by atoms with Crippen LogP contribution in [0.15, 0.2) is 42.5 Å². The number of hydrogen-bond acceptors (Lipinski definition) is 5. The second-order valence-electron chi connectivity index (χ2n) is 10.1. The Hall–Kier alpha value is -2.37. The first-order valence-electron chi connectivity index (χ1n) is 12.5. The van der Waals surface area contributed by atoms with E-state index in [0.29, 0.717) is 23.6 Å². The molecule has 0 amide bonds. The lowest BCUT2D eigenvalue weighted by molar-refractivity contribution is 0.295. The van der Waals surface area contributed by atoms with Crippen LogP contribution in [0.3, 0.4) is 0 Å². The van der Waals surface area contributed by atoms with Crippen molar-refractivity contribution in [2.75, 3.05) is 30.3 Å². The van der Waals surface area contributed by atoms with Gasteiger partial charge in [-0.25, -0.2) is 4.98 Å². The Bertz CT molecular complexity index is 1050. The minimum Gasteiger partial charge on any atom is -0.367 e. The summed E-state index contributed by atoms with van der Waals surface area (Å²) in [4.78, 5) is 12.0. The second kappa shape index (κ2) is 11.9. The Labute approximate surface area is 210 Å². The molecule has 184 valence electrons. The Kier molecular flexibility index (Phi) is 9.15. The Balaban J connectivity index is 1.72. The van der Waals surface area contributed by atoms with Crippen molar-refractivity contribution in [3.8, 4) is 0 Å². The molecule has 0 aliphatic rings. The molecule has 2 aromatic carbocycles. The summed E-state index contributed by atoms with van der Waals surface area (Å²) >= 11 is 6.27. The summed E-state index contributed by atoms with van der Waals surface area (Å²) in [7, 11) is 0. The van der Waals surface area contributed by atoms with Crippen molar-refractivity contribution in [1.29, 1.82) is 0 Å². The van der Waals surface area contributed by atoms with E-state index >= 15 is 0 Å².